The van der Waals surface area contributed by atoms with Crippen LogP contribution in [0.2, 0.25) is 0 Å². The Bertz CT molecular complexity index is 1390. The van der Waals surface area contributed by atoms with E-state index in [-0.39, 0.29) is 11.7 Å². The highest BCUT2D eigenvalue weighted by Gasteiger charge is 2.23. The Morgan fingerprint density at radius 2 is 1.75 bits per heavy atom. The topological polar surface area (TPSA) is 103 Å². The molecule has 0 spiro atoms. The van der Waals surface area contributed by atoms with Crippen molar-refractivity contribution in [3.8, 4) is 0 Å². The number of rotatable bonds is 5. The average molecular weight is 371 g/mol. The van der Waals surface area contributed by atoms with Crippen LogP contribution in [0.1, 0.15) is 18.5 Å². The standard InChI is InChI=1S/C21H17N5O2/c1-11(12-2-4-15-13(8-12)6-7-22-15)25-18-19(21(28)20(18)27)26-14-3-5-16-17(9-14)24-10-23-16/h2-11,22,25-26H,1H3,(H,23,24). The quantitative estimate of drug-likeness (QED) is 0.354. The number of anilines is 3. The fourth-order valence-corrected chi connectivity index (χ4v) is 3.44. The summed E-state index contributed by atoms with van der Waals surface area (Å²) in [6, 6.07) is 13.5. The van der Waals surface area contributed by atoms with Crippen molar-refractivity contribution in [3.63, 3.8) is 0 Å². The van der Waals surface area contributed by atoms with Gasteiger partial charge in [0.1, 0.15) is 11.4 Å². The summed E-state index contributed by atoms with van der Waals surface area (Å²) in [6.07, 6.45) is 3.50. The minimum Gasteiger partial charge on any atom is -0.373 e. The number of aromatic nitrogens is 3. The Morgan fingerprint density at radius 1 is 0.929 bits per heavy atom. The van der Waals surface area contributed by atoms with Gasteiger partial charge in [-0.3, -0.25) is 9.59 Å². The molecule has 0 saturated heterocycles. The van der Waals surface area contributed by atoms with Gasteiger partial charge in [0.25, 0.3) is 10.9 Å². The van der Waals surface area contributed by atoms with Gasteiger partial charge >= 0.3 is 0 Å². The van der Waals surface area contributed by atoms with Gasteiger partial charge in [0, 0.05) is 23.4 Å². The van der Waals surface area contributed by atoms with E-state index < -0.39 is 10.9 Å². The van der Waals surface area contributed by atoms with Gasteiger partial charge in [0.15, 0.2) is 0 Å². The van der Waals surface area contributed by atoms with Crippen molar-refractivity contribution in [2.45, 2.75) is 13.0 Å². The van der Waals surface area contributed by atoms with E-state index in [4.69, 9.17) is 0 Å². The predicted octanol–water partition coefficient (Wildman–Crippen LogP) is 3.56. The first-order valence-corrected chi connectivity index (χ1v) is 8.97. The highest BCUT2D eigenvalue weighted by Crippen LogP contribution is 2.27. The SMILES string of the molecule is CC(Nc1c(Nc2ccc3[nH]cnc3c2)c(=O)c1=O)c1ccc2[nH]ccc2c1. The third-order valence-corrected chi connectivity index (χ3v) is 5.04. The Kier molecular flexibility index (Phi) is 3.55. The van der Waals surface area contributed by atoms with Crippen molar-refractivity contribution >= 4 is 39.0 Å². The second kappa shape index (κ2) is 6.09. The van der Waals surface area contributed by atoms with Gasteiger partial charge in [-0.1, -0.05) is 6.07 Å². The van der Waals surface area contributed by atoms with Crippen LogP contribution in [-0.4, -0.2) is 15.0 Å². The number of benzene rings is 2. The molecule has 0 amide bonds. The lowest BCUT2D eigenvalue weighted by Crippen LogP contribution is -2.37. The Labute approximate surface area is 159 Å². The highest BCUT2D eigenvalue weighted by molar-refractivity contribution is 5.84. The number of hydrogen-bond donors (Lipinski definition) is 4. The van der Waals surface area contributed by atoms with Crippen LogP contribution < -0.4 is 21.5 Å². The van der Waals surface area contributed by atoms with Crippen LogP contribution in [0.3, 0.4) is 0 Å². The first-order valence-electron chi connectivity index (χ1n) is 8.97. The summed E-state index contributed by atoms with van der Waals surface area (Å²) in [5.41, 5.74) is 4.06. The summed E-state index contributed by atoms with van der Waals surface area (Å²) in [4.78, 5) is 34.6. The van der Waals surface area contributed by atoms with Crippen molar-refractivity contribution < 1.29 is 0 Å². The molecular formula is C21H17N5O2. The van der Waals surface area contributed by atoms with Gasteiger partial charge in [-0.05, 0) is 54.3 Å². The maximum absolute atomic E-state index is 12.1. The van der Waals surface area contributed by atoms with Gasteiger partial charge < -0.3 is 20.6 Å². The molecule has 5 aromatic rings. The highest BCUT2D eigenvalue weighted by atomic mass is 16.2. The molecule has 28 heavy (non-hydrogen) atoms. The number of fused-ring (bicyclic) bond motifs is 2. The van der Waals surface area contributed by atoms with Crippen molar-refractivity contribution in [3.05, 3.63) is 81.0 Å². The number of H-pyrrole nitrogens is 2. The second-order valence-electron chi connectivity index (χ2n) is 6.86. The van der Waals surface area contributed by atoms with Gasteiger partial charge in [-0.25, -0.2) is 4.98 Å². The summed E-state index contributed by atoms with van der Waals surface area (Å²) in [5.74, 6) is 0. The lowest BCUT2D eigenvalue weighted by molar-refractivity contribution is 0.882. The molecule has 2 heterocycles. The lowest BCUT2D eigenvalue weighted by Gasteiger charge is -2.20. The molecule has 0 aliphatic heterocycles. The molecule has 1 atom stereocenters. The zero-order valence-electron chi connectivity index (χ0n) is 15.0. The van der Waals surface area contributed by atoms with E-state index in [1.54, 1.807) is 6.33 Å². The molecule has 0 saturated carbocycles. The van der Waals surface area contributed by atoms with Gasteiger partial charge in [-0.2, -0.15) is 0 Å². The lowest BCUT2D eigenvalue weighted by atomic mass is 10.0. The van der Waals surface area contributed by atoms with Crippen LogP contribution in [0, 0.1) is 0 Å². The molecule has 7 heteroatoms. The summed E-state index contributed by atoms with van der Waals surface area (Å²) in [5, 5.41) is 7.35. The van der Waals surface area contributed by atoms with Gasteiger partial charge in [-0.15, -0.1) is 0 Å². The molecule has 0 aliphatic rings. The molecule has 138 valence electrons. The zero-order chi connectivity index (χ0) is 19.3. The number of hydrogen-bond acceptors (Lipinski definition) is 5. The Morgan fingerprint density at radius 3 is 2.64 bits per heavy atom. The molecule has 3 aromatic carbocycles. The fourth-order valence-electron chi connectivity index (χ4n) is 3.44. The molecule has 0 aliphatic carbocycles. The molecule has 5 rings (SSSR count). The predicted molar refractivity (Wildman–Crippen MR) is 111 cm³/mol. The van der Waals surface area contributed by atoms with Crippen molar-refractivity contribution in [2.24, 2.45) is 0 Å². The van der Waals surface area contributed by atoms with Crippen LogP contribution >= 0.6 is 0 Å². The van der Waals surface area contributed by atoms with Crippen molar-refractivity contribution in [1.82, 2.24) is 15.0 Å². The van der Waals surface area contributed by atoms with E-state index in [0.717, 1.165) is 27.5 Å². The van der Waals surface area contributed by atoms with Crippen LogP contribution in [0.15, 0.2) is 64.6 Å². The van der Waals surface area contributed by atoms with Crippen LogP contribution in [-0.2, 0) is 0 Å². The van der Waals surface area contributed by atoms with Gasteiger partial charge in [0.2, 0.25) is 0 Å². The molecule has 2 aromatic heterocycles. The molecule has 7 nitrogen and oxygen atoms in total. The third kappa shape index (κ3) is 2.56. The van der Waals surface area contributed by atoms with E-state index in [0.29, 0.717) is 11.4 Å². The third-order valence-electron chi connectivity index (χ3n) is 5.04. The number of nitrogens with zero attached hydrogens (tertiary/aromatic N) is 1. The number of aromatic amines is 2. The monoisotopic (exact) mass is 371 g/mol. The fraction of sp³-hybridized carbons (Fsp3) is 0.0952. The van der Waals surface area contributed by atoms with E-state index in [1.165, 1.54) is 0 Å². The van der Waals surface area contributed by atoms with E-state index in [2.05, 4.69) is 31.7 Å². The Balaban J connectivity index is 1.42. The molecule has 4 N–H and O–H groups in total. The Hall–Kier alpha value is -3.87. The van der Waals surface area contributed by atoms with E-state index in [9.17, 15) is 9.59 Å². The molecule has 1 unspecified atom stereocenters. The summed E-state index contributed by atoms with van der Waals surface area (Å²) in [6.45, 7) is 1.96. The molecule has 0 radical (unpaired) electrons. The number of nitrogens with one attached hydrogen (secondary N) is 4. The molecule has 0 bridgehead atoms. The van der Waals surface area contributed by atoms with Crippen molar-refractivity contribution in [1.29, 1.82) is 0 Å². The van der Waals surface area contributed by atoms with Crippen LogP contribution in [0.25, 0.3) is 21.9 Å². The molecular weight excluding hydrogens is 354 g/mol. The maximum atomic E-state index is 12.1. The summed E-state index contributed by atoms with van der Waals surface area (Å²) >= 11 is 0. The summed E-state index contributed by atoms with van der Waals surface area (Å²) < 4.78 is 0. The maximum Gasteiger partial charge on any atom is 0.253 e. The zero-order valence-corrected chi connectivity index (χ0v) is 15.0. The van der Waals surface area contributed by atoms with Crippen LogP contribution in [0.5, 0.6) is 0 Å². The molecule has 0 fully saturated rings. The smallest absolute Gasteiger partial charge is 0.253 e. The van der Waals surface area contributed by atoms with Crippen molar-refractivity contribution in [2.75, 3.05) is 10.6 Å². The minimum atomic E-state index is -0.516. The second-order valence-corrected chi connectivity index (χ2v) is 6.86. The van der Waals surface area contributed by atoms with Crippen LogP contribution in [0.4, 0.5) is 17.1 Å². The first-order chi connectivity index (χ1) is 13.6. The average Bonchev–Trinajstić information content (AvgIpc) is 3.37. The minimum absolute atomic E-state index is 0.128. The summed E-state index contributed by atoms with van der Waals surface area (Å²) in [7, 11) is 0. The van der Waals surface area contributed by atoms with Gasteiger partial charge in [0.05, 0.1) is 17.4 Å². The number of imidazole rings is 1. The van der Waals surface area contributed by atoms with E-state index >= 15 is 0 Å². The van der Waals surface area contributed by atoms with E-state index in [1.807, 2.05) is 49.5 Å². The normalized spacial score (nSPS) is 12.6. The first kappa shape index (κ1) is 16.3. The largest absolute Gasteiger partial charge is 0.373 e.